The molecule has 436 valence electrons. The second-order valence-corrected chi connectivity index (χ2v) is 24.4. The summed E-state index contributed by atoms with van der Waals surface area (Å²) in [4.78, 5) is 80.1. The van der Waals surface area contributed by atoms with Crippen molar-refractivity contribution in [2.24, 2.45) is 0 Å². The Labute approximate surface area is 471 Å². The van der Waals surface area contributed by atoms with Crippen molar-refractivity contribution in [3.63, 3.8) is 0 Å². The van der Waals surface area contributed by atoms with Crippen LogP contribution in [0.4, 0.5) is 56.1 Å². The van der Waals surface area contributed by atoms with Gasteiger partial charge in [-0.05, 0) is 127 Å². The Morgan fingerprint density at radius 1 is 0.562 bits per heavy atom. The molecule has 0 saturated heterocycles. The molecule has 4 amide bonds. The van der Waals surface area contributed by atoms with Gasteiger partial charge in [0.05, 0.1) is 78.5 Å². The average molecular weight is 1210 g/mol. The van der Waals surface area contributed by atoms with Crippen LogP contribution in [0.1, 0.15) is 125 Å². The molecule has 0 radical (unpaired) electrons. The quantitative estimate of drug-likeness (QED) is 0.0621. The number of unbranched alkanes of at least 4 members (excludes halogenated alkanes) is 2. The number of hydrogen-bond donors (Lipinski definition) is 2. The van der Waals surface area contributed by atoms with E-state index in [9.17, 15) is 63.5 Å². The lowest BCUT2D eigenvalue weighted by molar-refractivity contribution is -0.136. The van der Waals surface area contributed by atoms with Gasteiger partial charge in [-0.3, -0.25) is 27.6 Å². The lowest BCUT2D eigenvalue weighted by atomic mass is 10.0. The number of ether oxygens (including phenoxy) is 2. The summed E-state index contributed by atoms with van der Waals surface area (Å²) in [6.45, 7) is 9.59. The van der Waals surface area contributed by atoms with Crippen LogP contribution in [-0.4, -0.2) is 91.1 Å². The van der Waals surface area contributed by atoms with E-state index in [1.54, 1.807) is 90.1 Å². The summed E-state index contributed by atoms with van der Waals surface area (Å²) in [5.74, 6) is -5.64. The first kappa shape index (κ1) is 64.8. The average Bonchev–Trinajstić information content (AvgIpc) is 3.48. The van der Waals surface area contributed by atoms with Gasteiger partial charge in [0.2, 0.25) is 0 Å². The Balaban J connectivity index is 0.000000294. The molecule has 0 bridgehead atoms. The van der Waals surface area contributed by atoms with Gasteiger partial charge in [-0.1, -0.05) is 47.5 Å². The van der Waals surface area contributed by atoms with Crippen LogP contribution in [-0.2, 0) is 53.8 Å². The van der Waals surface area contributed by atoms with E-state index in [1.165, 1.54) is 9.80 Å². The Hall–Kier alpha value is -5.98. The van der Waals surface area contributed by atoms with Gasteiger partial charge in [0.15, 0.2) is 11.6 Å². The van der Waals surface area contributed by atoms with Gasteiger partial charge in [-0.2, -0.15) is 26.3 Å². The molecule has 0 spiro atoms. The number of benzene rings is 4. The highest BCUT2D eigenvalue weighted by Gasteiger charge is 2.39. The number of carbonyl (C=O) groups excluding carboxylic acids is 6. The van der Waals surface area contributed by atoms with E-state index in [1.807, 2.05) is 0 Å². The predicted octanol–water partition coefficient (Wildman–Crippen LogP) is 12.7. The van der Waals surface area contributed by atoms with Crippen LogP contribution in [0.2, 0.25) is 10.0 Å². The lowest BCUT2D eigenvalue weighted by Gasteiger charge is -2.27. The number of carbonyl (C=O) groups is 6. The van der Waals surface area contributed by atoms with Crippen LogP contribution in [0, 0.1) is 11.6 Å². The van der Waals surface area contributed by atoms with Gasteiger partial charge in [0.1, 0.15) is 34.9 Å². The highest BCUT2D eigenvalue weighted by Crippen LogP contribution is 2.36. The molecule has 2 aliphatic rings. The molecule has 2 aliphatic heterocycles. The molecule has 4 atom stereocenters. The first-order chi connectivity index (χ1) is 37.1. The number of ketones is 2. The van der Waals surface area contributed by atoms with E-state index in [2.05, 4.69) is 10.6 Å². The normalized spacial score (nSPS) is 17.7. The third kappa shape index (κ3) is 19.6. The van der Waals surface area contributed by atoms with Crippen molar-refractivity contribution in [1.82, 2.24) is 10.6 Å². The fraction of sp³-hybridized carbons (Fsp3) is 0.444. The zero-order chi connectivity index (χ0) is 59.7. The lowest BCUT2D eigenvalue weighted by Crippen LogP contribution is -2.51. The minimum absolute atomic E-state index is 0.00758. The number of nitrogens with one attached hydrogen (secondary N) is 2. The van der Waals surface area contributed by atoms with Gasteiger partial charge in [0.25, 0.3) is 11.8 Å². The Morgan fingerprint density at radius 2 is 0.887 bits per heavy atom. The summed E-state index contributed by atoms with van der Waals surface area (Å²) in [5.41, 5.74) is -1.44. The van der Waals surface area contributed by atoms with E-state index >= 15 is 8.78 Å². The molecule has 80 heavy (non-hydrogen) atoms. The minimum Gasteiger partial charge on any atom is -0.444 e. The monoisotopic (exact) mass is 1210 g/mol. The number of alkyl halides is 6. The molecule has 0 aliphatic carbocycles. The van der Waals surface area contributed by atoms with Crippen molar-refractivity contribution in [1.29, 1.82) is 0 Å². The number of hydrogen-bond acceptors (Lipinski definition) is 10. The fourth-order valence-electron chi connectivity index (χ4n) is 8.01. The number of Topliss-reactive ketones (excluding diaryl/α,β-unsaturated/α-hetero) is 2. The number of nitrogens with zero attached hydrogens (tertiary/aromatic N) is 2. The van der Waals surface area contributed by atoms with E-state index in [4.69, 9.17) is 32.7 Å². The largest absolute Gasteiger partial charge is 0.444 e. The smallest absolute Gasteiger partial charge is 0.408 e. The third-order valence-electron chi connectivity index (χ3n) is 11.7. The predicted molar refractivity (Wildman–Crippen MR) is 285 cm³/mol. The van der Waals surface area contributed by atoms with Crippen molar-refractivity contribution < 1.29 is 81.8 Å². The van der Waals surface area contributed by atoms with Crippen LogP contribution in [0.25, 0.3) is 0 Å². The van der Waals surface area contributed by atoms with Crippen molar-refractivity contribution in [2.45, 2.75) is 151 Å². The summed E-state index contributed by atoms with van der Waals surface area (Å²) >= 11 is 11.9. The number of halogens is 10. The summed E-state index contributed by atoms with van der Waals surface area (Å²) in [6, 6.07) is 14.3. The molecule has 2 heterocycles. The molecule has 14 nitrogen and oxygen atoms in total. The Morgan fingerprint density at radius 3 is 1.19 bits per heavy atom. The van der Waals surface area contributed by atoms with Crippen LogP contribution >= 0.6 is 23.2 Å². The number of alkyl carbamates (subject to hydrolysis) is 2. The number of amides is 4. The molecule has 4 aromatic rings. The van der Waals surface area contributed by atoms with Crippen LogP contribution in [0.5, 0.6) is 0 Å². The van der Waals surface area contributed by atoms with Crippen molar-refractivity contribution in [3.8, 4) is 0 Å². The summed E-state index contributed by atoms with van der Waals surface area (Å²) in [6.07, 6.45) is -14.2. The van der Waals surface area contributed by atoms with Crippen molar-refractivity contribution in [3.05, 3.63) is 117 Å². The second kappa shape index (κ2) is 27.2. The maximum atomic E-state index is 15.1. The molecule has 6 rings (SSSR count). The molecular weight excluding hydrogens is 1150 g/mol. The maximum Gasteiger partial charge on any atom is 0.408 e. The summed E-state index contributed by atoms with van der Waals surface area (Å²) in [7, 11) is -3.97. The van der Waals surface area contributed by atoms with Gasteiger partial charge in [-0.25, -0.2) is 18.4 Å². The Bertz CT molecular complexity index is 2790. The van der Waals surface area contributed by atoms with Gasteiger partial charge in [0, 0.05) is 35.7 Å². The molecule has 0 saturated carbocycles. The van der Waals surface area contributed by atoms with Crippen molar-refractivity contribution in [2.75, 3.05) is 21.3 Å². The Kier molecular flexibility index (Phi) is 22.0. The van der Waals surface area contributed by atoms with Crippen LogP contribution in [0.3, 0.4) is 0 Å². The second-order valence-electron chi connectivity index (χ2n) is 20.6. The first-order valence-electron chi connectivity index (χ1n) is 24.8. The van der Waals surface area contributed by atoms with E-state index in [-0.39, 0.29) is 84.3 Å². The number of fused-ring (bicyclic) bond motifs is 2. The van der Waals surface area contributed by atoms with E-state index in [0.29, 0.717) is 21.2 Å². The number of rotatable bonds is 16. The molecule has 4 aromatic carbocycles. The topological polar surface area (TPSA) is 186 Å². The molecule has 0 fully saturated rings. The van der Waals surface area contributed by atoms with Gasteiger partial charge >= 0.3 is 24.5 Å². The molecule has 26 heteroatoms. The van der Waals surface area contributed by atoms with E-state index < -0.39 is 128 Å². The summed E-state index contributed by atoms with van der Waals surface area (Å²) < 4.78 is 142. The highest BCUT2D eigenvalue weighted by atomic mass is 35.5. The third-order valence-corrected chi connectivity index (χ3v) is 15.1. The molecule has 0 aromatic heterocycles. The molecule has 2 N–H and O–H groups in total. The minimum atomic E-state index is -4.37. The van der Waals surface area contributed by atoms with Crippen LogP contribution < -0.4 is 20.4 Å². The van der Waals surface area contributed by atoms with Crippen LogP contribution in [0.15, 0.2) is 82.6 Å². The molecule has 0 unspecified atom stereocenters. The van der Waals surface area contributed by atoms with Crippen molar-refractivity contribution >= 4 is 91.7 Å². The maximum absolute atomic E-state index is 15.1. The van der Waals surface area contributed by atoms with E-state index in [0.717, 1.165) is 24.3 Å². The zero-order valence-corrected chi connectivity index (χ0v) is 47.3. The summed E-state index contributed by atoms with van der Waals surface area (Å²) in [5, 5.41) is 5.75. The molecular formula is C54H58Cl2F8N4O10S2. The fourth-order valence-corrected chi connectivity index (χ4v) is 11.0. The first-order valence-corrected chi connectivity index (χ1v) is 28.2. The SMILES string of the molecule is CC(C)(C)OC(=O)N[C@H]1C[S@@](=O)c2cc(F)c(C(=O)CCCCC(F)(F)F)cc2N(Cc2ccc(Cl)cc2)C1=O.CC(C)(C)OC(=O)N[C@H]1C[S@](=O)c2cc(F)c(C(=O)CCCCC(F)(F)F)cc2N(Cc2ccc(Cl)cc2)C1=O. The standard InChI is InChI=1S/2C27H29ClF4N2O5S/c2*1-26(2,3)39-25(37)33-20-15-40(38)23-13-19(29)18(22(35)6-4-5-11-27(30,31)32)12-21(23)34(24(20)36)14-16-7-9-17(28)10-8-16/h2*7-10,12-13,20H,4-6,11,14-15H2,1-3H3,(H,33,37)/t20-,40+;20-,40-/m00/s1. The number of anilines is 2. The highest BCUT2D eigenvalue weighted by molar-refractivity contribution is 7.85. The zero-order valence-electron chi connectivity index (χ0n) is 44.1. The van der Waals surface area contributed by atoms with Gasteiger partial charge in [-0.15, -0.1) is 0 Å². The van der Waals surface area contributed by atoms with Gasteiger partial charge < -0.3 is 29.9 Å².